The number of rotatable bonds is 10. The number of fused-ring (bicyclic) bond motifs is 2. The minimum Gasteiger partial charge on any atom is -0.494 e. The van der Waals surface area contributed by atoms with E-state index in [4.69, 9.17) is 4.74 Å². The molecule has 3 aliphatic rings. The second-order valence-electron chi connectivity index (χ2n) is 12.0. The predicted octanol–water partition coefficient (Wildman–Crippen LogP) is 2.90. The molecule has 2 bridgehead atoms. The van der Waals surface area contributed by atoms with Crippen LogP contribution in [0.4, 0.5) is 5.69 Å². The lowest BCUT2D eigenvalue weighted by Gasteiger charge is -2.40. The number of ether oxygens (including phenoxy) is 1. The Labute approximate surface area is 254 Å². The standard InChI is InChI=1S/C31H38N6O5S/c1-5-42-20-12-10-19(11-13-20)33-28(39)25-24-14-18(4)31(43-24)26(25)30(41)37(23(15-38)17(2)3)27(31)29(40)32-16-36-22-9-7-6-8-21(22)34-35-36/h6-13,17-18,23-27,38H,5,14-16H2,1-4H3,(H,32,40)(H,33,39)/t18?,23-,24-,25+,26-,27?,31?/m0/s1. The number of hydrogen-bond donors (Lipinski definition) is 3. The first-order valence-electron chi connectivity index (χ1n) is 14.9. The van der Waals surface area contributed by atoms with Crippen molar-refractivity contribution in [3.63, 3.8) is 0 Å². The van der Waals surface area contributed by atoms with Gasteiger partial charge in [0.2, 0.25) is 17.7 Å². The topological polar surface area (TPSA) is 139 Å². The maximum absolute atomic E-state index is 14.4. The summed E-state index contributed by atoms with van der Waals surface area (Å²) in [5, 5.41) is 24.8. The number of nitrogens with one attached hydrogen (secondary N) is 2. The first kappa shape index (κ1) is 29.4. The lowest BCUT2D eigenvalue weighted by Crippen LogP contribution is -2.59. The molecule has 3 unspecified atom stereocenters. The van der Waals surface area contributed by atoms with Crippen LogP contribution in [-0.2, 0) is 21.1 Å². The minimum absolute atomic E-state index is 0.00503. The highest BCUT2D eigenvalue weighted by atomic mass is 32.2. The van der Waals surface area contributed by atoms with Gasteiger partial charge in [0.1, 0.15) is 24.0 Å². The Morgan fingerprint density at radius 1 is 1.16 bits per heavy atom. The van der Waals surface area contributed by atoms with Gasteiger partial charge in [-0.3, -0.25) is 14.4 Å². The molecule has 7 atom stereocenters. The van der Waals surface area contributed by atoms with E-state index in [2.05, 4.69) is 27.9 Å². The van der Waals surface area contributed by atoms with E-state index in [1.807, 2.05) is 45.0 Å². The monoisotopic (exact) mass is 606 g/mol. The second-order valence-corrected chi connectivity index (χ2v) is 13.6. The summed E-state index contributed by atoms with van der Waals surface area (Å²) in [5.41, 5.74) is 2.12. The maximum atomic E-state index is 14.4. The smallest absolute Gasteiger partial charge is 0.245 e. The van der Waals surface area contributed by atoms with E-state index in [1.165, 1.54) is 0 Å². The summed E-state index contributed by atoms with van der Waals surface area (Å²) < 4.78 is 6.33. The van der Waals surface area contributed by atoms with E-state index < -0.39 is 28.7 Å². The molecule has 2 aromatic carbocycles. The number of amides is 3. The number of thioether (sulfide) groups is 1. The summed E-state index contributed by atoms with van der Waals surface area (Å²) >= 11 is 1.60. The molecule has 4 heterocycles. The average molecular weight is 607 g/mol. The Morgan fingerprint density at radius 2 is 1.91 bits per heavy atom. The molecule has 11 nitrogen and oxygen atoms in total. The molecule has 3 aromatic rings. The lowest BCUT2D eigenvalue weighted by molar-refractivity contribution is -0.143. The Morgan fingerprint density at radius 3 is 2.60 bits per heavy atom. The zero-order valence-electron chi connectivity index (χ0n) is 24.8. The number of likely N-dealkylation sites (tertiary alicyclic amines) is 1. The van der Waals surface area contributed by atoms with Crippen molar-refractivity contribution in [2.24, 2.45) is 23.7 Å². The predicted molar refractivity (Wildman–Crippen MR) is 163 cm³/mol. The Balaban J connectivity index is 1.31. The van der Waals surface area contributed by atoms with Crippen LogP contribution in [0.15, 0.2) is 48.5 Å². The summed E-state index contributed by atoms with van der Waals surface area (Å²) in [5.74, 6) is -1.47. The van der Waals surface area contributed by atoms with Crippen LogP contribution in [0.2, 0.25) is 0 Å². The van der Waals surface area contributed by atoms with Gasteiger partial charge in [0.05, 0.1) is 41.4 Å². The second kappa shape index (κ2) is 11.5. The number of aliphatic hydroxyl groups is 1. The quantitative estimate of drug-likeness (QED) is 0.320. The van der Waals surface area contributed by atoms with Gasteiger partial charge in [-0.05, 0) is 61.6 Å². The molecule has 43 heavy (non-hydrogen) atoms. The molecule has 3 amide bonds. The van der Waals surface area contributed by atoms with Gasteiger partial charge in [0.15, 0.2) is 0 Å². The molecule has 12 heteroatoms. The van der Waals surface area contributed by atoms with E-state index in [0.29, 0.717) is 30.0 Å². The van der Waals surface area contributed by atoms with E-state index in [9.17, 15) is 19.5 Å². The van der Waals surface area contributed by atoms with E-state index in [0.717, 1.165) is 5.52 Å². The highest BCUT2D eigenvalue weighted by Crippen LogP contribution is 2.69. The van der Waals surface area contributed by atoms with Gasteiger partial charge in [-0.25, -0.2) is 4.68 Å². The SMILES string of the molecule is CCOc1ccc(NC(=O)[C@@H]2[C@@H]3CC(C)C4(S3)C(C(=O)NCn3nnc5ccccc53)N([C@@H](CO)C(C)C)C(=O)[C@H]24)cc1. The molecule has 0 radical (unpaired) electrons. The normalized spacial score (nSPS) is 28.4. The van der Waals surface area contributed by atoms with Gasteiger partial charge in [-0.15, -0.1) is 16.9 Å². The van der Waals surface area contributed by atoms with Crippen molar-refractivity contribution < 1.29 is 24.2 Å². The molecule has 3 saturated heterocycles. The van der Waals surface area contributed by atoms with Crippen molar-refractivity contribution >= 4 is 46.2 Å². The van der Waals surface area contributed by atoms with E-state index >= 15 is 0 Å². The average Bonchev–Trinajstić information content (AvgIpc) is 3.71. The summed E-state index contributed by atoms with van der Waals surface area (Å²) in [6.45, 7) is 8.19. The van der Waals surface area contributed by atoms with Crippen molar-refractivity contribution in [3.8, 4) is 5.75 Å². The van der Waals surface area contributed by atoms with Crippen molar-refractivity contribution in [2.45, 2.75) is 62.9 Å². The van der Waals surface area contributed by atoms with Crippen molar-refractivity contribution in [1.29, 1.82) is 0 Å². The summed E-state index contributed by atoms with van der Waals surface area (Å²) in [6.07, 6.45) is 0.715. The van der Waals surface area contributed by atoms with E-state index in [1.54, 1.807) is 45.6 Å². The first-order valence-corrected chi connectivity index (χ1v) is 15.8. The van der Waals surface area contributed by atoms with Crippen molar-refractivity contribution in [2.75, 3.05) is 18.5 Å². The molecule has 3 fully saturated rings. The van der Waals surface area contributed by atoms with Crippen LogP contribution >= 0.6 is 11.8 Å². The maximum Gasteiger partial charge on any atom is 0.245 e. The van der Waals surface area contributed by atoms with Gasteiger partial charge < -0.3 is 25.4 Å². The van der Waals surface area contributed by atoms with Gasteiger partial charge in [-0.1, -0.05) is 38.1 Å². The highest BCUT2D eigenvalue weighted by Gasteiger charge is 2.76. The molecule has 0 saturated carbocycles. The zero-order valence-corrected chi connectivity index (χ0v) is 25.6. The van der Waals surface area contributed by atoms with Gasteiger partial charge >= 0.3 is 0 Å². The third-order valence-corrected chi connectivity index (χ3v) is 11.4. The highest BCUT2D eigenvalue weighted by molar-refractivity contribution is 8.02. The van der Waals surface area contributed by atoms with E-state index in [-0.39, 0.29) is 48.1 Å². The number of benzene rings is 2. The Kier molecular flexibility index (Phi) is 7.84. The third-order valence-electron chi connectivity index (χ3n) is 9.30. The molecule has 1 aromatic heterocycles. The fraction of sp³-hybridized carbons (Fsp3) is 0.516. The minimum atomic E-state index is -0.854. The molecule has 1 spiro atoms. The van der Waals surface area contributed by atoms with Crippen LogP contribution in [0.1, 0.15) is 34.1 Å². The summed E-state index contributed by atoms with van der Waals surface area (Å²) in [4.78, 5) is 44.1. The molecule has 6 rings (SSSR count). The third kappa shape index (κ3) is 4.75. The number of nitrogens with zero attached hydrogens (tertiary/aromatic N) is 4. The number of para-hydroxylation sites is 1. The fourth-order valence-corrected chi connectivity index (χ4v) is 9.76. The van der Waals surface area contributed by atoms with Crippen LogP contribution in [0.25, 0.3) is 11.0 Å². The zero-order chi connectivity index (χ0) is 30.5. The van der Waals surface area contributed by atoms with Crippen LogP contribution in [0.5, 0.6) is 5.75 Å². The number of anilines is 1. The molecule has 3 aliphatic heterocycles. The Bertz CT molecular complexity index is 1530. The molecular weight excluding hydrogens is 568 g/mol. The number of hydrogen-bond acceptors (Lipinski definition) is 8. The number of aromatic nitrogens is 3. The van der Waals surface area contributed by atoms with Crippen LogP contribution in [0.3, 0.4) is 0 Å². The molecule has 228 valence electrons. The summed E-state index contributed by atoms with van der Waals surface area (Å²) in [6, 6.07) is 13.2. The van der Waals surface area contributed by atoms with Crippen LogP contribution in [0, 0.1) is 23.7 Å². The van der Waals surface area contributed by atoms with Crippen molar-refractivity contribution in [1.82, 2.24) is 25.2 Å². The van der Waals surface area contributed by atoms with Gasteiger partial charge in [-0.2, -0.15) is 0 Å². The molecule has 3 N–H and O–H groups in total. The first-order chi connectivity index (χ1) is 20.7. The van der Waals surface area contributed by atoms with Crippen LogP contribution < -0.4 is 15.4 Å². The number of carbonyl (C=O) groups excluding carboxylic acids is 3. The van der Waals surface area contributed by atoms with Gasteiger partial charge in [0.25, 0.3) is 0 Å². The lowest BCUT2D eigenvalue weighted by atomic mass is 9.66. The largest absolute Gasteiger partial charge is 0.494 e. The molecule has 0 aliphatic carbocycles. The van der Waals surface area contributed by atoms with Crippen molar-refractivity contribution in [3.05, 3.63) is 48.5 Å². The number of carbonyl (C=O) groups is 3. The van der Waals surface area contributed by atoms with Gasteiger partial charge in [0, 0.05) is 10.9 Å². The number of aliphatic hydroxyl groups excluding tert-OH is 1. The summed E-state index contributed by atoms with van der Waals surface area (Å²) in [7, 11) is 0. The molecular formula is C31H38N6O5S. The van der Waals surface area contributed by atoms with Crippen LogP contribution in [-0.4, -0.2) is 78.0 Å². The Hall–Kier alpha value is -3.64. The fourth-order valence-electron chi connectivity index (χ4n) is 7.35.